The van der Waals surface area contributed by atoms with Crippen LogP contribution in [0.25, 0.3) is 0 Å². The van der Waals surface area contributed by atoms with Gasteiger partial charge in [-0.25, -0.2) is 12.8 Å². The van der Waals surface area contributed by atoms with Crippen LogP contribution in [0.15, 0.2) is 29.2 Å². The first kappa shape index (κ1) is 15.8. The standard InChI is InChI=1S/C14H18FNO4S/c1-21(18,19)11-7-5-10(6-8-11)20-9-14(17)16-13-4-2-3-12(13)15/h5-8,12-13H,2-4,9H2,1H3,(H,16,17)/t12-,13+/m1/s1. The van der Waals surface area contributed by atoms with Crippen LogP contribution >= 0.6 is 0 Å². The van der Waals surface area contributed by atoms with Gasteiger partial charge in [0, 0.05) is 6.26 Å². The van der Waals surface area contributed by atoms with Crippen LogP contribution in [0.5, 0.6) is 5.75 Å². The molecular weight excluding hydrogens is 297 g/mol. The number of hydrogen-bond acceptors (Lipinski definition) is 4. The van der Waals surface area contributed by atoms with E-state index in [1.54, 1.807) is 0 Å². The van der Waals surface area contributed by atoms with E-state index >= 15 is 0 Å². The Labute approximate surface area is 123 Å². The van der Waals surface area contributed by atoms with Crippen molar-refractivity contribution in [3.63, 3.8) is 0 Å². The van der Waals surface area contributed by atoms with E-state index in [1.807, 2.05) is 0 Å². The first-order chi connectivity index (χ1) is 9.86. The van der Waals surface area contributed by atoms with Crippen LogP contribution in [0.3, 0.4) is 0 Å². The fraction of sp³-hybridized carbons (Fsp3) is 0.500. The highest BCUT2D eigenvalue weighted by molar-refractivity contribution is 7.90. The Morgan fingerprint density at radius 1 is 1.33 bits per heavy atom. The van der Waals surface area contributed by atoms with Gasteiger partial charge >= 0.3 is 0 Å². The zero-order chi connectivity index (χ0) is 15.5. The van der Waals surface area contributed by atoms with E-state index in [2.05, 4.69) is 5.32 Å². The molecule has 1 aliphatic carbocycles. The fourth-order valence-electron chi connectivity index (χ4n) is 2.26. The van der Waals surface area contributed by atoms with Gasteiger partial charge in [-0.15, -0.1) is 0 Å². The molecule has 0 bridgehead atoms. The lowest BCUT2D eigenvalue weighted by Crippen LogP contribution is -2.40. The monoisotopic (exact) mass is 315 g/mol. The van der Waals surface area contributed by atoms with Crippen LogP contribution in [0.2, 0.25) is 0 Å². The van der Waals surface area contributed by atoms with E-state index in [4.69, 9.17) is 4.74 Å². The molecule has 2 rings (SSSR count). The largest absolute Gasteiger partial charge is 0.484 e. The first-order valence-electron chi connectivity index (χ1n) is 6.72. The first-order valence-corrected chi connectivity index (χ1v) is 8.62. The molecule has 1 saturated carbocycles. The Hall–Kier alpha value is -1.63. The number of carbonyl (C=O) groups excluding carboxylic acids is 1. The molecule has 1 fully saturated rings. The third kappa shape index (κ3) is 4.42. The molecule has 1 aromatic carbocycles. The molecule has 5 nitrogen and oxygen atoms in total. The number of rotatable bonds is 5. The molecule has 7 heteroatoms. The number of ether oxygens (including phenoxy) is 1. The van der Waals surface area contributed by atoms with Crippen LogP contribution in [0.4, 0.5) is 4.39 Å². The Bertz CT molecular complexity index is 600. The van der Waals surface area contributed by atoms with Gasteiger partial charge < -0.3 is 10.1 Å². The van der Waals surface area contributed by atoms with E-state index in [-0.39, 0.29) is 17.4 Å². The summed E-state index contributed by atoms with van der Waals surface area (Å²) in [4.78, 5) is 11.8. The van der Waals surface area contributed by atoms with Crippen LogP contribution in [0, 0.1) is 0 Å². The van der Waals surface area contributed by atoms with Gasteiger partial charge in [-0.05, 0) is 43.5 Å². The summed E-state index contributed by atoms with van der Waals surface area (Å²) in [6.07, 6.45) is 2.04. The van der Waals surface area contributed by atoms with Crippen molar-refractivity contribution in [2.24, 2.45) is 0 Å². The molecule has 0 aromatic heterocycles. The van der Waals surface area contributed by atoms with Gasteiger partial charge in [0.15, 0.2) is 16.4 Å². The van der Waals surface area contributed by atoms with Gasteiger partial charge in [-0.3, -0.25) is 4.79 Å². The average Bonchev–Trinajstić information content (AvgIpc) is 2.81. The highest BCUT2D eigenvalue weighted by Gasteiger charge is 2.28. The summed E-state index contributed by atoms with van der Waals surface area (Å²) in [6, 6.07) is 5.37. The molecule has 2 atom stereocenters. The lowest BCUT2D eigenvalue weighted by molar-refractivity contribution is -0.124. The van der Waals surface area contributed by atoms with Crippen molar-refractivity contribution in [3.8, 4) is 5.75 Å². The molecule has 0 saturated heterocycles. The van der Waals surface area contributed by atoms with Crippen LogP contribution in [-0.2, 0) is 14.6 Å². The Balaban J connectivity index is 1.84. The molecule has 0 spiro atoms. The van der Waals surface area contributed by atoms with Gasteiger partial charge in [0.1, 0.15) is 11.9 Å². The summed E-state index contributed by atoms with van der Waals surface area (Å²) in [5.74, 6) is 0.0116. The van der Waals surface area contributed by atoms with Crippen molar-refractivity contribution < 1.29 is 22.3 Å². The molecule has 1 N–H and O–H groups in total. The van der Waals surface area contributed by atoms with E-state index in [0.717, 1.165) is 12.7 Å². The topological polar surface area (TPSA) is 72.5 Å². The minimum Gasteiger partial charge on any atom is -0.484 e. The number of nitrogens with one attached hydrogen (secondary N) is 1. The molecular formula is C14H18FNO4S. The number of amides is 1. The van der Waals surface area contributed by atoms with Crippen molar-refractivity contribution in [3.05, 3.63) is 24.3 Å². The number of sulfone groups is 1. The van der Waals surface area contributed by atoms with Crippen LogP contribution < -0.4 is 10.1 Å². The summed E-state index contributed by atoms with van der Waals surface area (Å²) < 4.78 is 41.2. The highest BCUT2D eigenvalue weighted by atomic mass is 32.2. The van der Waals surface area contributed by atoms with Crippen molar-refractivity contribution in [2.75, 3.05) is 12.9 Å². The summed E-state index contributed by atoms with van der Waals surface area (Å²) in [6.45, 7) is -0.221. The second-order valence-corrected chi connectivity index (χ2v) is 7.17. The van der Waals surface area contributed by atoms with Crippen molar-refractivity contribution in [1.82, 2.24) is 5.32 Å². The summed E-state index contributed by atoms with van der Waals surface area (Å²) >= 11 is 0. The molecule has 0 unspecified atom stereocenters. The van der Waals surface area contributed by atoms with E-state index in [9.17, 15) is 17.6 Å². The molecule has 0 aliphatic heterocycles. The molecule has 21 heavy (non-hydrogen) atoms. The molecule has 0 radical (unpaired) electrons. The second kappa shape index (κ2) is 6.43. The number of carbonyl (C=O) groups is 1. The number of benzene rings is 1. The van der Waals surface area contributed by atoms with Crippen LogP contribution in [-0.4, -0.2) is 39.4 Å². The van der Waals surface area contributed by atoms with E-state index in [0.29, 0.717) is 18.6 Å². The maximum atomic E-state index is 13.4. The Morgan fingerprint density at radius 3 is 2.52 bits per heavy atom. The predicted molar refractivity (Wildman–Crippen MR) is 75.7 cm³/mol. The van der Waals surface area contributed by atoms with Gasteiger partial charge in [-0.2, -0.15) is 0 Å². The van der Waals surface area contributed by atoms with Gasteiger partial charge in [-0.1, -0.05) is 0 Å². The smallest absolute Gasteiger partial charge is 0.258 e. The maximum Gasteiger partial charge on any atom is 0.258 e. The second-order valence-electron chi connectivity index (χ2n) is 5.15. The quantitative estimate of drug-likeness (QED) is 0.893. The van der Waals surface area contributed by atoms with Gasteiger partial charge in [0.2, 0.25) is 0 Å². The number of hydrogen-bond donors (Lipinski definition) is 1. The van der Waals surface area contributed by atoms with E-state index in [1.165, 1.54) is 24.3 Å². The lowest BCUT2D eigenvalue weighted by atomic mass is 10.2. The average molecular weight is 315 g/mol. The molecule has 0 heterocycles. The minimum absolute atomic E-state index is 0.186. The number of halogens is 1. The van der Waals surface area contributed by atoms with Crippen LogP contribution in [0.1, 0.15) is 19.3 Å². The SMILES string of the molecule is CS(=O)(=O)c1ccc(OCC(=O)N[C@H]2CCC[C@H]2F)cc1. The lowest BCUT2D eigenvalue weighted by Gasteiger charge is -2.15. The summed E-state index contributed by atoms with van der Waals surface area (Å²) in [5, 5.41) is 2.60. The van der Waals surface area contributed by atoms with Gasteiger partial charge in [0.05, 0.1) is 10.9 Å². The third-order valence-corrected chi connectivity index (χ3v) is 4.53. The Morgan fingerprint density at radius 2 is 2.00 bits per heavy atom. The van der Waals surface area contributed by atoms with Gasteiger partial charge in [0.25, 0.3) is 5.91 Å². The Kier molecular flexibility index (Phi) is 4.82. The zero-order valence-corrected chi connectivity index (χ0v) is 12.5. The molecule has 1 amide bonds. The maximum absolute atomic E-state index is 13.4. The molecule has 1 aromatic rings. The van der Waals surface area contributed by atoms with E-state index < -0.39 is 22.1 Å². The summed E-state index contributed by atoms with van der Waals surface area (Å²) in [5.41, 5.74) is 0. The summed E-state index contributed by atoms with van der Waals surface area (Å²) in [7, 11) is -3.25. The predicted octanol–water partition coefficient (Wildman–Crippen LogP) is 1.48. The number of alkyl halides is 1. The molecule has 116 valence electrons. The van der Waals surface area contributed by atoms with Crippen molar-refractivity contribution in [2.45, 2.75) is 36.4 Å². The normalized spacial score (nSPS) is 22.0. The minimum atomic E-state index is -3.25. The third-order valence-electron chi connectivity index (χ3n) is 3.40. The highest BCUT2D eigenvalue weighted by Crippen LogP contribution is 2.22. The molecule has 1 aliphatic rings. The fourth-order valence-corrected chi connectivity index (χ4v) is 2.89. The van der Waals surface area contributed by atoms with Crippen molar-refractivity contribution >= 4 is 15.7 Å². The van der Waals surface area contributed by atoms with Crippen molar-refractivity contribution in [1.29, 1.82) is 0 Å². The zero-order valence-electron chi connectivity index (χ0n) is 11.7.